The predicted octanol–water partition coefficient (Wildman–Crippen LogP) is 4.66. The number of carbonyl (C=O) groups excluding carboxylic acids is 2. The molecule has 0 bridgehead atoms. The molecule has 0 fully saturated rings. The summed E-state index contributed by atoms with van der Waals surface area (Å²) < 4.78 is 13.0. The molecule has 0 saturated carbocycles. The van der Waals surface area contributed by atoms with Crippen molar-refractivity contribution in [3.8, 4) is 11.4 Å². The average Bonchev–Trinajstić information content (AvgIpc) is 3.28. The second-order valence-electron chi connectivity index (χ2n) is 9.97. The Kier molecular flexibility index (Phi) is 5.56. The van der Waals surface area contributed by atoms with Crippen LogP contribution < -0.4 is 5.56 Å². The van der Waals surface area contributed by atoms with Crippen LogP contribution in [0.5, 0.6) is 0 Å². The fourth-order valence-corrected chi connectivity index (χ4v) is 5.34. The second kappa shape index (κ2) is 8.83. The number of benzene rings is 2. The van der Waals surface area contributed by atoms with Gasteiger partial charge in [0, 0.05) is 30.1 Å². The summed E-state index contributed by atoms with van der Waals surface area (Å²) in [5.74, 6) is -0.682. The maximum atomic E-state index is 13.7. The zero-order valence-corrected chi connectivity index (χ0v) is 21.5. The molecule has 2 aliphatic heterocycles. The number of esters is 1. The highest BCUT2D eigenvalue weighted by molar-refractivity contribution is 5.88. The van der Waals surface area contributed by atoms with Gasteiger partial charge in [-0.2, -0.15) is 0 Å². The van der Waals surface area contributed by atoms with Gasteiger partial charge in [-0.1, -0.05) is 55.0 Å². The summed E-state index contributed by atoms with van der Waals surface area (Å²) in [6, 6.07) is 19.4. The van der Waals surface area contributed by atoms with Crippen molar-refractivity contribution >= 4 is 23.0 Å². The van der Waals surface area contributed by atoms with Gasteiger partial charge < -0.3 is 18.9 Å². The molecule has 2 aromatic carbocycles. The minimum Gasteiger partial charge on any atom is -0.457 e. The molecule has 0 aliphatic carbocycles. The van der Waals surface area contributed by atoms with E-state index in [-0.39, 0.29) is 18.6 Å². The molecule has 38 heavy (non-hydrogen) atoms. The molecule has 0 unspecified atom stereocenters. The highest BCUT2D eigenvalue weighted by Gasteiger charge is 2.51. The molecule has 2 aliphatic rings. The van der Waals surface area contributed by atoms with E-state index >= 15 is 0 Å². The van der Waals surface area contributed by atoms with Crippen molar-refractivity contribution < 1.29 is 19.1 Å². The van der Waals surface area contributed by atoms with Crippen LogP contribution >= 0.6 is 0 Å². The van der Waals surface area contributed by atoms with Crippen molar-refractivity contribution in [2.45, 2.75) is 45.6 Å². The highest BCUT2D eigenvalue weighted by Crippen LogP contribution is 2.41. The van der Waals surface area contributed by atoms with Crippen molar-refractivity contribution in [3.63, 3.8) is 0 Å². The molecule has 4 heterocycles. The topological polar surface area (TPSA) is 90.7 Å². The highest BCUT2D eigenvalue weighted by atomic mass is 16.6. The molecule has 2 aromatic heterocycles. The lowest BCUT2D eigenvalue weighted by atomic mass is 9.85. The molecule has 8 heteroatoms. The molecule has 0 radical (unpaired) electrons. The normalized spacial score (nSPS) is 17.4. The second-order valence-corrected chi connectivity index (χ2v) is 9.97. The Morgan fingerprint density at radius 1 is 1.13 bits per heavy atom. The van der Waals surface area contributed by atoms with E-state index in [1.54, 1.807) is 24.6 Å². The minimum absolute atomic E-state index is 0.115. The number of fused-ring (bicyclic) bond motifs is 5. The number of nitrogens with zero attached hydrogens (tertiary/aromatic N) is 3. The zero-order chi connectivity index (χ0) is 26.6. The van der Waals surface area contributed by atoms with E-state index in [0.717, 1.165) is 27.6 Å². The third kappa shape index (κ3) is 3.67. The molecule has 6 rings (SSSR count). The van der Waals surface area contributed by atoms with E-state index in [4.69, 9.17) is 14.5 Å². The first-order valence-electron chi connectivity index (χ1n) is 12.6. The van der Waals surface area contributed by atoms with Crippen molar-refractivity contribution in [2.24, 2.45) is 0 Å². The lowest BCUT2D eigenvalue weighted by Crippen LogP contribution is -2.49. The van der Waals surface area contributed by atoms with Crippen molar-refractivity contribution in [1.82, 2.24) is 14.5 Å². The molecular weight excluding hydrogens is 482 g/mol. The first-order chi connectivity index (χ1) is 18.3. The van der Waals surface area contributed by atoms with Gasteiger partial charge in [-0.05, 0) is 37.1 Å². The van der Waals surface area contributed by atoms with Gasteiger partial charge >= 0.3 is 12.1 Å². The van der Waals surface area contributed by atoms with Gasteiger partial charge in [0.25, 0.3) is 5.56 Å². The Bertz CT molecular complexity index is 1670. The molecule has 4 aromatic rings. The molecule has 0 saturated heterocycles. The van der Waals surface area contributed by atoms with Crippen LogP contribution in [0.25, 0.3) is 22.3 Å². The smallest absolute Gasteiger partial charge is 0.411 e. The Morgan fingerprint density at radius 2 is 1.89 bits per heavy atom. The summed E-state index contributed by atoms with van der Waals surface area (Å²) >= 11 is 0. The SMILES string of the molecule is CC[C@@]1(OC(=O)N(C)Cc2ccc(C)cc2)C(=O)OCc2c1cc1n(c2=O)Cc2cc3ccccc3nc2-1. The number of ether oxygens (including phenoxy) is 2. The van der Waals surface area contributed by atoms with E-state index < -0.39 is 17.7 Å². The van der Waals surface area contributed by atoms with E-state index in [1.165, 1.54) is 4.90 Å². The number of hydrogen-bond donors (Lipinski definition) is 0. The van der Waals surface area contributed by atoms with E-state index in [2.05, 4.69) is 0 Å². The Hall–Kier alpha value is -4.46. The van der Waals surface area contributed by atoms with Crippen LogP contribution in [0.3, 0.4) is 0 Å². The number of rotatable bonds is 4. The fraction of sp³-hybridized carbons (Fsp3) is 0.267. The zero-order valence-electron chi connectivity index (χ0n) is 21.5. The third-order valence-corrected chi connectivity index (χ3v) is 7.50. The van der Waals surface area contributed by atoms with Crippen LogP contribution in [0.4, 0.5) is 4.79 Å². The van der Waals surface area contributed by atoms with Crippen LogP contribution in [0.1, 0.15) is 41.2 Å². The molecule has 1 amide bonds. The first-order valence-corrected chi connectivity index (χ1v) is 12.6. The summed E-state index contributed by atoms with van der Waals surface area (Å²) in [5, 5.41) is 0.990. The monoisotopic (exact) mass is 509 g/mol. The van der Waals surface area contributed by atoms with Crippen molar-refractivity contribution in [3.05, 3.63) is 98.8 Å². The molecule has 0 N–H and O–H groups in total. The van der Waals surface area contributed by atoms with Crippen molar-refractivity contribution in [2.75, 3.05) is 7.05 Å². The maximum absolute atomic E-state index is 13.7. The van der Waals surface area contributed by atoms with Gasteiger partial charge in [0.2, 0.25) is 5.60 Å². The molecule has 1 atom stereocenters. The minimum atomic E-state index is -1.74. The molecular formula is C30H27N3O5. The largest absolute Gasteiger partial charge is 0.457 e. The lowest BCUT2D eigenvalue weighted by molar-refractivity contribution is -0.173. The quantitative estimate of drug-likeness (QED) is 0.327. The molecule has 0 spiro atoms. The standard InChI is InChI=1S/C30H27N3O5/c1-4-30(38-29(36)32(3)15-19-11-9-18(2)10-12-19)23-14-25-26-21(13-20-7-5-6-8-24(20)31-26)16-33(25)27(34)22(23)17-37-28(30)35/h5-14H,4,15-17H2,1-3H3/t30-/m0/s1. The van der Waals surface area contributed by atoms with Crippen molar-refractivity contribution in [1.29, 1.82) is 0 Å². The number of carbonyl (C=O) groups is 2. The summed E-state index contributed by atoms with van der Waals surface area (Å²) in [7, 11) is 1.61. The number of amides is 1. The van der Waals surface area contributed by atoms with Crippen LogP contribution in [-0.4, -0.2) is 33.6 Å². The van der Waals surface area contributed by atoms with Gasteiger partial charge in [-0.15, -0.1) is 0 Å². The number of hydrogen-bond acceptors (Lipinski definition) is 6. The Labute approximate surface area is 219 Å². The Balaban J connectivity index is 1.41. The number of cyclic esters (lactones) is 1. The summed E-state index contributed by atoms with van der Waals surface area (Å²) in [5.41, 5.74) is 3.76. The predicted molar refractivity (Wildman–Crippen MR) is 141 cm³/mol. The fourth-order valence-electron chi connectivity index (χ4n) is 5.34. The number of pyridine rings is 2. The average molecular weight is 510 g/mol. The van der Waals surface area contributed by atoms with Crippen LogP contribution in [0, 0.1) is 6.92 Å². The van der Waals surface area contributed by atoms with E-state index in [9.17, 15) is 14.4 Å². The first kappa shape index (κ1) is 23.9. The van der Waals surface area contributed by atoms with E-state index in [0.29, 0.717) is 35.6 Å². The van der Waals surface area contributed by atoms with Gasteiger partial charge in [0.1, 0.15) is 6.61 Å². The van der Waals surface area contributed by atoms with Gasteiger partial charge in [0.05, 0.1) is 29.0 Å². The van der Waals surface area contributed by atoms with Gasteiger partial charge in [-0.25, -0.2) is 14.6 Å². The summed E-state index contributed by atoms with van der Waals surface area (Å²) in [6.07, 6.45) is -0.563. The summed E-state index contributed by atoms with van der Waals surface area (Å²) in [6.45, 7) is 4.25. The Morgan fingerprint density at radius 3 is 2.66 bits per heavy atom. The van der Waals surface area contributed by atoms with Gasteiger partial charge in [0.15, 0.2) is 0 Å². The molecule has 8 nitrogen and oxygen atoms in total. The van der Waals surface area contributed by atoms with E-state index in [1.807, 2.05) is 61.5 Å². The number of aromatic nitrogens is 2. The van der Waals surface area contributed by atoms with Crippen LogP contribution in [0.15, 0.2) is 65.5 Å². The van der Waals surface area contributed by atoms with Crippen LogP contribution in [-0.2, 0) is 39.6 Å². The number of para-hydroxylation sites is 1. The third-order valence-electron chi connectivity index (χ3n) is 7.50. The maximum Gasteiger partial charge on any atom is 0.411 e. The lowest BCUT2D eigenvalue weighted by Gasteiger charge is -2.36. The number of aryl methyl sites for hydroxylation is 1. The summed E-state index contributed by atoms with van der Waals surface area (Å²) in [4.78, 5) is 46.4. The van der Waals surface area contributed by atoms with Gasteiger partial charge in [-0.3, -0.25) is 4.79 Å². The van der Waals surface area contributed by atoms with Crippen LogP contribution in [0.2, 0.25) is 0 Å². The molecule has 192 valence electrons.